The van der Waals surface area contributed by atoms with Gasteiger partial charge in [0.15, 0.2) is 0 Å². The number of para-hydroxylation sites is 1. The molecule has 0 aliphatic carbocycles. The van der Waals surface area contributed by atoms with Crippen molar-refractivity contribution in [3.8, 4) is 0 Å². The lowest BCUT2D eigenvalue weighted by Crippen LogP contribution is -2.58. The number of carbonyl (C=O) groups excluding carboxylic acids is 4. The van der Waals surface area contributed by atoms with Crippen LogP contribution in [-0.2, 0) is 36.8 Å². The highest BCUT2D eigenvalue weighted by molar-refractivity contribution is 5.96. The highest BCUT2D eigenvalue weighted by atomic mass is 16.4. The maximum atomic E-state index is 13.5. The Balaban J connectivity index is 1.56. The summed E-state index contributed by atoms with van der Waals surface area (Å²) in [5, 5.41) is 21.4. The first-order valence-electron chi connectivity index (χ1n) is 13.5. The third-order valence-corrected chi connectivity index (χ3v) is 7.04. The predicted octanol–water partition coefficient (Wildman–Crippen LogP) is 0.120. The molecule has 4 atom stereocenters. The molecular weight excluding hydrogens is 528 g/mol. The highest BCUT2D eigenvalue weighted by Crippen LogP contribution is 2.19. The molecule has 2 heterocycles. The molecule has 3 aromatic rings. The summed E-state index contributed by atoms with van der Waals surface area (Å²) in [4.78, 5) is 66.5. The fraction of sp³-hybridized carbons (Fsp3) is 0.345. The van der Waals surface area contributed by atoms with Crippen molar-refractivity contribution in [1.29, 1.82) is 0 Å². The van der Waals surface area contributed by atoms with Gasteiger partial charge in [-0.15, -0.1) is 0 Å². The lowest BCUT2D eigenvalue weighted by molar-refractivity contribution is -0.142. The standard InChI is InChI=1S/C29H34N6O6/c30-25(36)15-23(34-26(37)21-11-6-12-31-21)28(39)33-22(14-18-16-32-20-10-5-4-9-19(18)20)27(38)35-24(29(40)41)13-17-7-2-1-3-8-17/h1-5,7-10,16,21-24,31-32H,6,11-15H2,(H2,30,36)(H,33,39)(H,34,37)(H,35,38)(H,40,41). The molecule has 1 aliphatic heterocycles. The van der Waals surface area contributed by atoms with Crippen molar-refractivity contribution < 1.29 is 29.1 Å². The fourth-order valence-corrected chi connectivity index (χ4v) is 4.92. The van der Waals surface area contributed by atoms with Gasteiger partial charge in [0.25, 0.3) is 0 Å². The van der Waals surface area contributed by atoms with Crippen LogP contribution in [0, 0.1) is 0 Å². The van der Waals surface area contributed by atoms with Crippen LogP contribution in [0.15, 0.2) is 60.8 Å². The van der Waals surface area contributed by atoms with Crippen LogP contribution in [0.5, 0.6) is 0 Å². The quantitative estimate of drug-likeness (QED) is 0.154. The van der Waals surface area contributed by atoms with Crippen molar-refractivity contribution in [2.45, 2.75) is 56.3 Å². The van der Waals surface area contributed by atoms with Gasteiger partial charge in [-0.25, -0.2) is 4.79 Å². The van der Waals surface area contributed by atoms with Gasteiger partial charge in [0, 0.05) is 29.9 Å². The van der Waals surface area contributed by atoms with E-state index in [0.717, 1.165) is 17.3 Å². The number of carbonyl (C=O) groups is 5. The van der Waals surface area contributed by atoms with E-state index < -0.39 is 60.2 Å². The van der Waals surface area contributed by atoms with E-state index >= 15 is 0 Å². The van der Waals surface area contributed by atoms with Crippen LogP contribution in [0.25, 0.3) is 10.9 Å². The maximum Gasteiger partial charge on any atom is 0.326 e. The third-order valence-electron chi connectivity index (χ3n) is 7.04. The van der Waals surface area contributed by atoms with Crippen molar-refractivity contribution in [3.05, 3.63) is 71.9 Å². The van der Waals surface area contributed by atoms with Crippen LogP contribution in [0.3, 0.4) is 0 Å². The average molecular weight is 563 g/mol. The number of hydrogen-bond donors (Lipinski definition) is 7. The van der Waals surface area contributed by atoms with Gasteiger partial charge >= 0.3 is 5.97 Å². The number of primary amides is 1. The summed E-state index contributed by atoms with van der Waals surface area (Å²) in [6.45, 7) is 0.658. The molecule has 216 valence electrons. The number of carboxylic acid groups (broad SMARTS) is 1. The number of aliphatic carboxylic acids is 1. The van der Waals surface area contributed by atoms with Crippen molar-refractivity contribution in [2.24, 2.45) is 5.73 Å². The van der Waals surface area contributed by atoms with E-state index in [1.807, 2.05) is 24.3 Å². The Labute approximate surface area is 236 Å². The second-order valence-electron chi connectivity index (χ2n) is 10.1. The highest BCUT2D eigenvalue weighted by Gasteiger charge is 2.32. The van der Waals surface area contributed by atoms with Gasteiger partial charge in [0.05, 0.1) is 12.5 Å². The third kappa shape index (κ3) is 7.92. The first kappa shape index (κ1) is 29.3. The van der Waals surface area contributed by atoms with E-state index in [0.29, 0.717) is 24.1 Å². The normalized spacial score (nSPS) is 16.8. The zero-order valence-electron chi connectivity index (χ0n) is 22.4. The number of fused-ring (bicyclic) bond motifs is 1. The first-order valence-corrected chi connectivity index (χ1v) is 13.5. The number of nitrogens with one attached hydrogen (secondary N) is 5. The summed E-state index contributed by atoms with van der Waals surface area (Å²) in [7, 11) is 0. The minimum absolute atomic E-state index is 0.0146. The Morgan fingerprint density at radius 2 is 1.56 bits per heavy atom. The number of rotatable bonds is 13. The molecule has 2 aromatic carbocycles. The van der Waals surface area contributed by atoms with Crippen LogP contribution in [0.2, 0.25) is 0 Å². The number of aromatic nitrogens is 1. The van der Waals surface area contributed by atoms with Crippen LogP contribution >= 0.6 is 0 Å². The molecule has 1 aliphatic rings. The minimum atomic E-state index is -1.32. The van der Waals surface area contributed by atoms with Crippen molar-refractivity contribution in [3.63, 3.8) is 0 Å². The Morgan fingerprint density at radius 3 is 2.24 bits per heavy atom. The van der Waals surface area contributed by atoms with Gasteiger partial charge in [0.1, 0.15) is 18.1 Å². The number of nitrogens with two attached hydrogens (primary N) is 1. The second kappa shape index (κ2) is 13.6. The molecule has 8 N–H and O–H groups in total. The molecule has 12 nitrogen and oxygen atoms in total. The summed E-state index contributed by atoms with van der Waals surface area (Å²) in [6.07, 6.45) is 2.67. The molecule has 0 spiro atoms. The van der Waals surface area contributed by atoms with E-state index in [2.05, 4.69) is 26.3 Å². The summed E-state index contributed by atoms with van der Waals surface area (Å²) >= 11 is 0. The summed E-state index contributed by atoms with van der Waals surface area (Å²) in [5.74, 6) is -4.01. The number of carboxylic acids is 1. The zero-order chi connectivity index (χ0) is 29.4. The van der Waals surface area contributed by atoms with Gasteiger partial charge in [-0.3, -0.25) is 19.2 Å². The van der Waals surface area contributed by atoms with E-state index in [1.54, 1.807) is 36.5 Å². The Hall–Kier alpha value is -4.71. The molecule has 0 radical (unpaired) electrons. The lowest BCUT2D eigenvalue weighted by atomic mass is 10.0. The van der Waals surface area contributed by atoms with Crippen LogP contribution in [-0.4, -0.2) is 70.4 Å². The number of aromatic amines is 1. The largest absolute Gasteiger partial charge is 0.480 e. The molecular formula is C29H34N6O6. The van der Waals surface area contributed by atoms with E-state index in [9.17, 15) is 29.1 Å². The minimum Gasteiger partial charge on any atom is -0.480 e. The number of hydrogen-bond acceptors (Lipinski definition) is 6. The maximum absolute atomic E-state index is 13.5. The molecule has 4 unspecified atom stereocenters. The number of H-pyrrole nitrogens is 1. The van der Waals surface area contributed by atoms with Gasteiger partial charge in [-0.05, 0) is 36.6 Å². The van der Waals surface area contributed by atoms with Gasteiger partial charge in [-0.1, -0.05) is 48.5 Å². The zero-order valence-corrected chi connectivity index (χ0v) is 22.4. The molecule has 1 aromatic heterocycles. The van der Waals surface area contributed by atoms with E-state index in [1.165, 1.54) is 0 Å². The van der Waals surface area contributed by atoms with Crippen LogP contribution in [0.1, 0.15) is 30.4 Å². The van der Waals surface area contributed by atoms with Crippen molar-refractivity contribution in [2.75, 3.05) is 6.54 Å². The SMILES string of the molecule is NC(=O)CC(NC(=O)C1CCCN1)C(=O)NC(Cc1c[nH]c2ccccc12)C(=O)NC(Cc1ccccc1)C(=O)O. The number of benzene rings is 2. The van der Waals surface area contributed by atoms with Crippen molar-refractivity contribution in [1.82, 2.24) is 26.3 Å². The molecule has 41 heavy (non-hydrogen) atoms. The average Bonchev–Trinajstić information content (AvgIpc) is 3.63. The molecule has 4 rings (SSSR count). The van der Waals surface area contributed by atoms with Crippen LogP contribution in [0.4, 0.5) is 0 Å². The van der Waals surface area contributed by atoms with Gasteiger partial charge in [0.2, 0.25) is 23.6 Å². The molecule has 0 bridgehead atoms. The molecule has 4 amide bonds. The first-order chi connectivity index (χ1) is 19.7. The smallest absolute Gasteiger partial charge is 0.326 e. The van der Waals surface area contributed by atoms with Gasteiger partial charge < -0.3 is 37.1 Å². The molecule has 0 saturated carbocycles. The number of amides is 4. The van der Waals surface area contributed by atoms with E-state index in [-0.39, 0.29) is 12.8 Å². The molecule has 12 heteroatoms. The van der Waals surface area contributed by atoms with E-state index in [4.69, 9.17) is 5.73 Å². The van der Waals surface area contributed by atoms with Crippen molar-refractivity contribution >= 4 is 40.5 Å². The summed E-state index contributed by atoms with van der Waals surface area (Å²) in [6, 6.07) is 11.9. The molecule has 1 saturated heterocycles. The monoisotopic (exact) mass is 562 g/mol. The van der Waals surface area contributed by atoms with Gasteiger partial charge in [-0.2, -0.15) is 0 Å². The topological polar surface area (TPSA) is 196 Å². The second-order valence-corrected chi connectivity index (χ2v) is 10.1. The Bertz CT molecular complexity index is 1400. The Morgan fingerprint density at radius 1 is 0.878 bits per heavy atom. The Kier molecular flexibility index (Phi) is 9.69. The summed E-state index contributed by atoms with van der Waals surface area (Å²) < 4.78 is 0. The molecule has 1 fully saturated rings. The summed E-state index contributed by atoms with van der Waals surface area (Å²) in [5.41, 5.74) is 7.60. The fourth-order valence-electron chi connectivity index (χ4n) is 4.92. The lowest BCUT2D eigenvalue weighted by Gasteiger charge is -2.25. The van der Waals surface area contributed by atoms with Crippen LogP contribution < -0.4 is 27.0 Å². The predicted molar refractivity (Wildman–Crippen MR) is 150 cm³/mol.